The summed E-state index contributed by atoms with van der Waals surface area (Å²) in [4.78, 5) is 12.9. The molecule has 0 bridgehead atoms. The van der Waals surface area contributed by atoms with E-state index >= 15 is 0 Å². The molecule has 0 radical (unpaired) electrons. The van der Waals surface area contributed by atoms with E-state index < -0.39 is 0 Å². The van der Waals surface area contributed by atoms with Crippen LogP contribution < -0.4 is 0 Å². The van der Waals surface area contributed by atoms with Gasteiger partial charge in [-0.25, -0.2) is 5.01 Å². The highest BCUT2D eigenvalue weighted by molar-refractivity contribution is 6.03. The van der Waals surface area contributed by atoms with Crippen LogP contribution in [0, 0.1) is 0 Å². The molecule has 0 aliphatic carbocycles. The molecule has 0 fully saturated rings. The Balaban J connectivity index is 1.55. The second-order valence-electron chi connectivity index (χ2n) is 6.37. The molecule has 26 heavy (non-hydrogen) atoms. The van der Waals surface area contributed by atoms with E-state index in [1.807, 2.05) is 72.8 Å². The maximum Gasteiger partial charge on any atom is 0.243 e. The lowest BCUT2D eigenvalue weighted by Crippen LogP contribution is -2.27. The summed E-state index contributed by atoms with van der Waals surface area (Å²) in [5.41, 5.74) is 3.12. The Kier molecular flexibility index (Phi) is 4.65. The van der Waals surface area contributed by atoms with Crippen molar-refractivity contribution in [1.82, 2.24) is 5.01 Å². The molecule has 4 rings (SSSR count). The average Bonchev–Trinajstić information content (AvgIpc) is 3.37. The van der Waals surface area contributed by atoms with Gasteiger partial charge in [0.2, 0.25) is 5.91 Å². The van der Waals surface area contributed by atoms with E-state index in [4.69, 9.17) is 4.42 Å². The second kappa shape index (κ2) is 7.40. The van der Waals surface area contributed by atoms with Gasteiger partial charge in [0.25, 0.3) is 0 Å². The summed E-state index contributed by atoms with van der Waals surface area (Å²) in [5.74, 6) is 0.786. The van der Waals surface area contributed by atoms with Gasteiger partial charge in [0.15, 0.2) is 0 Å². The summed E-state index contributed by atoms with van der Waals surface area (Å²) >= 11 is 0. The highest BCUT2D eigenvalue weighted by atomic mass is 16.3. The van der Waals surface area contributed by atoms with E-state index in [2.05, 4.69) is 5.10 Å². The molecule has 0 saturated carbocycles. The standard InChI is InChI=1S/C22H20N2O2/c25-22(14-13-17-8-3-1-4-9-17)24-20(21-12-7-15-26-21)16-19(23-24)18-10-5-2-6-11-18/h1-12,15,20H,13-14,16H2. The molecule has 130 valence electrons. The Hall–Kier alpha value is -3.14. The number of furan rings is 1. The van der Waals surface area contributed by atoms with Gasteiger partial charge in [-0.3, -0.25) is 4.79 Å². The summed E-state index contributed by atoms with van der Waals surface area (Å²) in [6.07, 6.45) is 3.43. The van der Waals surface area contributed by atoms with Gasteiger partial charge in [0.05, 0.1) is 12.0 Å². The molecule has 2 aromatic carbocycles. The zero-order valence-corrected chi connectivity index (χ0v) is 14.4. The summed E-state index contributed by atoms with van der Waals surface area (Å²) in [5, 5.41) is 6.25. The molecule has 1 unspecified atom stereocenters. The zero-order valence-electron chi connectivity index (χ0n) is 14.4. The molecule has 1 atom stereocenters. The number of carbonyl (C=O) groups is 1. The molecule has 1 aromatic heterocycles. The van der Waals surface area contributed by atoms with Crippen molar-refractivity contribution in [2.45, 2.75) is 25.3 Å². The van der Waals surface area contributed by atoms with Gasteiger partial charge in [0.1, 0.15) is 11.8 Å². The lowest BCUT2D eigenvalue weighted by molar-refractivity contribution is -0.133. The van der Waals surface area contributed by atoms with Crippen molar-refractivity contribution < 1.29 is 9.21 Å². The van der Waals surface area contributed by atoms with Gasteiger partial charge in [-0.05, 0) is 29.7 Å². The van der Waals surface area contributed by atoms with E-state index in [0.29, 0.717) is 19.3 Å². The van der Waals surface area contributed by atoms with Gasteiger partial charge in [-0.2, -0.15) is 5.10 Å². The van der Waals surface area contributed by atoms with Gasteiger partial charge >= 0.3 is 0 Å². The van der Waals surface area contributed by atoms with Crippen LogP contribution in [0.2, 0.25) is 0 Å². The van der Waals surface area contributed by atoms with Crippen molar-refractivity contribution in [2.24, 2.45) is 5.10 Å². The van der Waals surface area contributed by atoms with Crippen LogP contribution in [-0.2, 0) is 11.2 Å². The number of aryl methyl sites for hydroxylation is 1. The number of rotatable bonds is 5. The molecule has 3 aromatic rings. The van der Waals surface area contributed by atoms with E-state index in [0.717, 1.165) is 22.6 Å². The molecule has 4 nitrogen and oxygen atoms in total. The Labute approximate surface area is 152 Å². The minimum absolute atomic E-state index is 0.0150. The largest absolute Gasteiger partial charge is 0.467 e. The van der Waals surface area contributed by atoms with Crippen molar-refractivity contribution in [3.8, 4) is 0 Å². The maximum atomic E-state index is 12.9. The number of hydrogen-bond donors (Lipinski definition) is 0. The summed E-state index contributed by atoms with van der Waals surface area (Å²) in [7, 11) is 0. The van der Waals surface area contributed by atoms with Gasteiger partial charge in [-0.15, -0.1) is 0 Å². The molecule has 0 saturated heterocycles. The molecule has 0 spiro atoms. The van der Waals surface area contributed by atoms with E-state index in [1.54, 1.807) is 11.3 Å². The van der Waals surface area contributed by atoms with Crippen molar-refractivity contribution in [2.75, 3.05) is 0 Å². The monoisotopic (exact) mass is 344 g/mol. The average molecular weight is 344 g/mol. The minimum Gasteiger partial charge on any atom is -0.467 e. The smallest absolute Gasteiger partial charge is 0.243 e. The summed E-state index contributed by atoms with van der Waals surface area (Å²) in [6.45, 7) is 0. The number of benzene rings is 2. The number of amides is 1. The van der Waals surface area contributed by atoms with Gasteiger partial charge < -0.3 is 4.42 Å². The molecule has 1 aliphatic rings. The predicted octanol–water partition coefficient (Wildman–Crippen LogP) is 4.59. The van der Waals surface area contributed by atoms with Crippen molar-refractivity contribution in [1.29, 1.82) is 0 Å². The first kappa shape index (κ1) is 16.3. The van der Waals surface area contributed by atoms with E-state index in [9.17, 15) is 4.79 Å². The quantitative estimate of drug-likeness (QED) is 0.679. The van der Waals surface area contributed by atoms with E-state index in [-0.39, 0.29) is 11.9 Å². The van der Waals surface area contributed by atoms with Crippen LogP contribution in [0.15, 0.2) is 88.6 Å². The predicted molar refractivity (Wildman–Crippen MR) is 101 cm³/mol. The number of nitrogens with zero attached hydrogens (tertiary/aromatic N) is 2. The molecular weight excluding hydrogens is 324 g/mol. The lowest BCUT2D eigenvalue weighted by Gasteiger charge is -2.19. The van der Waals surface area contributed by atoms with Gasteiger partial charge in [-0.1, -0.05) is 60.7 Å². The normalized spacial score (nSPS) is 16.5. The minimum atomic E-state index is -0.177. The first-order valence-electron chi connectivity index (χ1n) is 8.83. The fourth-order valence-corrected chi connectivity index (χ4v) is 3.26. The van der Waals surface area contributed by atoms with Crippen LogP contribution >= 0.6 is 0 Å². The van der Waals surface area contributed by atoms with Crippen LogP contribution in [0.3, 0.4) is 0 Å². The maximum absolute atomic E-state index is 12.9. The Bertz CT molecular complexity index is 886. The highest BCUT2D eigenvalue weighted by Crippen LogP contribution is 2.33. The van der Waals surface area contributed by atoms with Crippen LogP contribution in [-0.4, -0.2) is 16.6 Å². The van der Waals surface area contributed by atoms with Crippen molar-refractivity contribution >= 4 is 11.6 Å². The molecule has 2 heterocycles. The fraction of sp³-hybridized carbons (Fsp3) is 0.182. The SMILES string of the molecule is O=C(CCc1ccccc1)N1N=C(c2ccccc2)CC1c1ccco1. The third-order valence-electron chi connectivity index (χ3n) is 4.61. The summed E-state index contributed by atoms with van der Waals surface area (Å²) in [6, 6.07) is 23.6. The third-order valence-corrected chi connectivity index (χ3v) is 4.61. The summed E-state index contributed by atoms with van der Waals surface area (Å²) < 4.78 is 5.58. The van der Waals surface area contributed by atoms with Crippen LogP contribution in [0.25, 0.3) is 0 Å². The van der Waals surface area contributed by atoms with Crippen molar-refractivity contribution in [3.05, 3.63) is 95.9 Å². The zero-order chi connectivity index (χ0) is 17.8. The number of hydrazone groups is 1. The third kappa shape index (κ3) is 3.45. The second-order valence-corrected chi connectivity index (χ2v) is 6.37. The topological polar surface area (TPSA) is 45.8 Å². The molecule has 4 heteroatoms. The number of hydrogen-bond acceptors (Lipinski definition) is 3. The molecule has 0 N–H and O–H groups in total. The molecular formula is C22H20N2O2. The van der Waals surface area contributed by atoms with Gasteiger partial charge in [0, 0.05) is 12.8 Å². The molecule has 1 amide bonds. The first-order chi connectivity index (χ1) is 12.8. The van der Waals surface area contributed by atoms with E-state index in [1.165, 1.54) is 0 Å². The molecule has 1 aliphatic heterocycles. The van der Waals surface area contributed by atoms with Crippen LogP contribution in [0.1, 0.15) is 35.8 Å². The number of carbonyl (C=O) groups excluding carboxylic acids is 1. The first-order valence-corrected chi connectivity index (χ1v) is 8.83. The lowest BCUT2D eigenvalue weighted by atomic mass is 10.0. The van der Waals surface area contributed by atoms with Crippen molar-refractivity contribution in [3.63, 3.8) is 0 Å². The van der Waals surface area contributed by atoms with Crippen LogP contribution in [0.4, 0.5) is 0 Å². The Morgan fingerprint density at radius 3 is 2.42 bits per heavy atom. The highest BCUT2D eigenvalue weighted by Gasteiger charge is 2.34. The fourth-order valence-electron chi connectivity index (χ4n) is 3.26. The van der Waals surface area contributed by atoms with Crippen LogP contribution in [0.5, 0.6) is 0 Å². The Morgan fingerprint density at radius 2 is 1.73 bits per heavy atom. The Morgan fingerprint density at radius 1 is 1.00 bits per heavy atom.